The molecule has 0 spiro atoms. The molecule has 0 saturated heterocycles. The van der Waals surface area contributed by atoms with Gasteiger partial charge in [-0.1, -0.05) is 25.7 Å². The molecule has 0 aromatic rings. The number of rotatable bonds is 6. The predicted molar refractivity (Wildman–Crippen MR) is 67.3 cm³/mol. The minimum atomic E-state index is -0.971. The van der Waals surface area contributed by atoms with Crippen molar-refractivity contribution < 1.29 is 0 Å². The predicted octanol–water partition coefficient (Wildman–Crippen LogP) is 2.33. The number of hydrazone groups is 1. The lowest BCUT2D eigenvalue weighted by Crippen LogP contribution is -2.26. The van der Waals surface area contributed by atoms with Gasteiger partial charge in [0, 0.05) is 27.6 Å². The average molecular weight is 215 g/mol. The van der Waals surface area contributed by atoms with Crippen molar-refractivity contribution in [2.45, 2.75) is 46.0 Å². The van der Waals surface area contributed by atoms with Gasteiger partial charge in [-0.15, -0.1) is 0 Å². The molecule has 0 unspecified atom stereocenters. The second-order valence-corrected chi connectivity index (χ2v) is 10.4. The first-order valence-corrected chi connectivity index (χ1v) is 9.17. The first-order valence-electron chi connectivity index (χ1n) is 5.47. The van der Waals surface area contributed by atoms with E-state index in [1.54, 1.807) is 0 Å². The highest BCUT2D eigenvalue weighted by Crippen LogP contribution is 2.10. The van der Waals surface area contributed by atoms with E-state index in [0.717, 1.165) is 25.3 Å². The van der Waals surface area contributed by atoms with Gasteiger partial charge in [-0.05, 0) is 13.8 Å². The van der Waals surface area contributed by atoms with Crippen molar-refractivity contribution in [3.05, 3.63) is 0 Å². The first-order chi connectivity index (χ1) is 6.39. The van der Waals surface area contributed by atoms with Gasteiger partial charge in [-0.3, -0.25) is 5.01 Å². The molecule has 0 rings (SSSR count). The molecule has 0 aliphatic carbocycles. The number of hydrogen-bond donors (Lipinski definition) is 1. The highest BCUT2D eigenvalue weighted by Gasteiger charge is 2.13. The van der Waals surface area contributed by atoms with Gasteiger partial charge in [-0.2, -0.15) is 5.10 Å². The van der Waals surface area contributed by atoms with E-state index in [1.165, 1.54) is 6.04 Å². The summed E-state index contributed by atoms with van der Waals surface area (Å²) in [6, 6.07) is 1.23. The molecule has 84 valence electrons. The Morgan fingerprint density at radius 2 is 1.71 bits per heavy atom. The summed E-state index contributed by atoms with van der Waals surface area (Å²) in [6.45, 7) is 13.1. The third kappa shape index (κ3) is 6.94. The van der Waals surface area contributed by atoms with E-state index in [9.17, 15) is 0 Å². The van der Waals surface area contributed by atoms with E-state index in [4.69, 9.17) is 5.73 Å². The second kappa shape index (κ2) is 6.06. The Bertz CT molecular complexity index is 180. The third-order valence-electron chi connectivity index (χ3n) is 2.13. The van der Waals surface area contributed by atoms with Crippen LogP contribution in [0.3, 0.4) is 0 Å². The molecule has 4 heteroatoms. The molecule has 0 fully saturated rings. The van der Waals surface area contributed by atoms with Gasteiger partial charge in [0.1, 0.15) is 5.84 Å². The van der Waals surface area contributed by atoms with Gasteiger partial charge in [0.25, 0.3) is 0 Å². The molecule has 0 aromatic heterocycles. The summed E-state index contributed by atoms with van der Waals surface area (Å²) >= 11 is 0. The quantitative estimate of drug-likeness (QED) is 0.320. The van der Waals surface area contributed by atoms with Crippen LogP contribution in [0.1, 0.15) is 20.3 Å². The summed E-state index contributed by atoms with van der Waals surface area (Å²) in [4.78, 5) is 0. The summed E-state index contributed by atoms with van der Waals surface area (Å²) in [7, 11) is -0.971. The lowest BCUT2D eigenvalue weighted by molar-refractivity contribution is 0.320. The standard InChI is InChI=1S/C10H25N3Si/c1-6-13(7-2)12-10(11)8-9-14(3,4)5/h6-9H2,1-5H3,(H2,11,12). The van der Waals surface area contributed by atoms with E-state index in [2.05, 4.69) is 38.6 Å². The average Bonchev–Trinajstić information content (AvgIpc) is 2.09. The van der Waals surface area contributed by atoms with Gasteiger partial charge in [0.05, 0.1) is 0 Å². The van der Waals surface area contributed by atoms with Crippen LogP contribution in [-0.4, -0.2) is 32.0 Å². The molecule has 0 amide bonds. The Morgan fingerprint density at radius 1 is 1.21 bits per heavy atom. The van der Waals surface area contributed by atoms with Crippen LogP contribution in [0.15, 0.2) is 5.10 Å². The van der Waals surface area contributed by atoms with Crippen molar-refractivity contribution in [3.8, 4) is 0 Å². The van der Waals surface area contributed by atoms with Crippen LogP contribution < -0.4 is 5.73 Å². The Hall–Kier alpha value is -0.513. The Kier molecular flexibility index (Phi) is 5.84. The minimum absolute atomic E-state index is 0.788. The monoisotopic (exact) mass is 215 g/mol. The van der Waals surface area contributed by atoms with Gasteiger partial charge in [-0.25, -0.2) is 0 Å². The molecule has 2 N–H and O–H groups in total. The molecule has 0 bridgehead atoms. The number of nitrogens with zero attached hydrogens (tertiary/aromatic N) is 2. The van der Waals surface area contributed by atoms with Crippen LogP contribution in [0.5, 0.6) is 0 Å². The summed E-state index contributed by atoms with van der Waals surface area (Å²) in [6.07, 6.45) is 0.951. The van der Waals surface area contributed by atoms with Gasteiger partial charge >= 0.3 is 0 Å². The number of nitrogens with two attached hydrogens (primary N) is 1. The zero-order chi connectivity index (χ0) is 11.2. The van der Waals surface area contributed by atoms with Crippen molar-refractivity contribution in [3.63, 3.8) is 0 Å². The zero-order valence-corrected chi connectivity index (χ0v) is 11.3. The maximum atomic E-state index is 5.86. The third-order valence-corrected chi connectivity index (χ3v) is 3.88. The molecule has 0 aromatic carbocycles. The van der Waals surface area contributed by atoms with E-state index in [-0.39, 0.29) is 0 Å². The lowest BCUT2D eigenvalue weighted by atomic mass is 10.4. The molecule has 14 heavy (non-hydrogen) atoms. The van der Waals surface area contributed by atoms with Gasteiger partial charge in [0.2, 0.25) is 0 Å². The molecular weight excluding hydrogens is 190 g/mol. The van der Waals surface area contributed by atoms with E-state index >= 15 is 0 Å². The molecule has 3 nitrogen and oxygen atoms in total. The normalized spacial score (nSPS) is 13.1. The molecule has 0 heterocycles. The van der Waals surface area contributed by atoms with E-state index in [0.29, 0.717) is 0 Å². The summed E-state index contributed by atoms with van der Waals surface area (Å²) < 4.78 is 0. The fraction of sp³-hybridized carbons (Fsp3) is 0.900. The van der Waals surface area contributed by atoms with Gasteiger partial charge < -0.3 is 5.73 Å². The fourth-order valence-corrected chi connectivity index (χ4v) is 2.11. The smallest absolute Gasteiger partial charge is 0.119 e. The van der Waals surface area contributed by atoms with Crippen LogP contribution in [-0.2, 0) is 0 Å². The van der Waals surface area contributed by atoms with Gasteiger partial charge in [0.15, 0.2) is 0 Å². The number of hydrogen-bond acceptors (Lipinski definition) is 2. The summed E-state index contributed by atoms with van der Waals surface area (Å²) in [5.41, 5.74) is 5.86. The van der Waals surface area contributed by atoms with Crippen molar-refractivity contribution >= 4 is 13.9 Å². The topological polar surface area (TPSA) is 41.6 Å². The van der Waals surface area contributed by atoms with Crippen molar-refractivity contribution in [1.82, 2.24) is 5.01 Å². The lowest BCUT2D eigenvalue weighted by Gasteiger charge is -2.18. The van der Waals surface area contributed by atoms with Crippen LogP contribution in [0.4, 0.5) is 0 Å². The van der Waals surface area contributed by atoms with Crippen LogP contribution >= 0.6 is 0 Å². The van der Waals surface area contributed by atoms with Crippen molar-refractivity contribution in [1.29, 1.82) is 0 Å². The Labute approximate surface area is 89.4 Å². The zero-order valence-electron chi connectivity index (χ0n) is 10.3. The molecule has 0 saturated carbocycles. The molecule has 0 radical (unpaired) electrons. The maximum absolute atomic E-state index is 5.86. The molecular formula is C10H25N3Si. The van der Waals surface area contributed by atoms with Crippen LogP contribution in [0.25, 0.3) is 0 Å². The van der Waals surface area contributed by atoms with E-state index in [1.807, 2.05) is 5.01 Å². The maximum Gasteiger partial charge on any atom is 0.119 e. The Morgan fingerprint density at radius 3 is 2.07 bits per heavy atom. The summed E-state index contributed by atoms with van der Waals surface area (Å²) in [5, 5.41) is 6.37. The van der Waals surface area contributed by atoms with Crippen molar-refractivity contribution in [2.24, 2.45) is 10.8 Å². The minimum Gasteiger partial charge on any atom is -0.386 e. The van der Waals surface area contributed by atoms with Crippen LogP contribution in [0, 0.1) is 0 Å². The highest BCUT2D eigenvalue weighted by atomic mass is 28.3. The largest absolute Gasteiger partial charge is 0.386 e. The van der Waals surface area contributed by atoms with E-state index < -0.39 is 8.07 Å². The molecule has 0 atom stereocenters. The van der Waals surface area contributed by atoms with Crippen LogP contribution in [0.2, 0.25) is 25.7 Å². The number of amidine groups is 1. The SMILES string of the molecule is CCN(CC)/N=C(/N)CC[Si](C)(C)C. The highest BCUT2D eigenvalue weighted by molar-refractivity contribution is 6.76. The Balaban J connectivity index is 4.00. The first kappa shape index (κ1) is 13.5. The fourth-order valence-electron chi connectivity index (χ4n) is 1.10. The van der Waals surface area contributed by atoms with Crippen molar-refractivity contribution in [2.75, 3.05) is 13.1 Å². The molecule has 0 aliphatic heterocycles. The summed E-state index contributed by atoms with van der Waals surface area (Å²) in [5.74, 6) is 0.788. The second-order valence-electron chi connectivity index (χ2n) is 4.79. The molecule has 0 aliphatic rings.